The van der Waals surface area contributed by atoms with Crippen molar-refractivity contribution in [2.45, 2.75) is 45.9 Å². The monoisotopic (exact) mass is 183 g/mol. The van der Waals surface area contributed by atoms with Crippen LogP contribution in [0.4, 0.5) is 0 Å². The zero-order valence-electron chi connectivity index (χ0n) is 8.95. The quantitative estimate of drug-likeness (QED) is 0.676. The Balaban J connectivity index is 2.62. The second-order valence-corrected chi connectivity index (χ2v) is 4.41. The van der Waals surface area contributed by atoms with Crippen molar-refractivity contribution in [3.05, 3.63) is 12.2 Å². The molecule has 1 aliphatic heterocycles. The third-order valence-corrected chi connectivity index (χ3v) is 2.87. The molecule has 76 valence electrons. The summed E-state index contributed by atoms with van der Waals surface area (Å²) in [5, 5.41) is 9.87. The van der Waals surface area contributed by atoms with E-state index in [2.05, 4.69) is 25.3 Å². The topological polar surface area (TPSA) is 23.5 Å². The Kier molecular flexibility index (Phi) is 3.51. The summed E-state index contributed by atoms with van der Waals surface area (Å²) in [4.78, 5) is 2.17. The lowest BCUT2D eigenvalue weighted by atomic mass is 10.0. The van der Waals surface area contributed by atoms with Crippen molar-refractivity contribution in [3.63, 3.8) is 0 Å². The summed E-state index contributed by atoms with van der Waals surface area (Å²) in [6, 6.07) is 0.534. The van der Waals surface area contributed by atoms with E-state index in [1.54, 1.807) is 0 Å². The minimum atomic E-state index is -0.435. The number of hydrogen-bond acceptors (Lipinski definition) is 2. The van der Waals surface area contributed by atoms with E-state index in [4.69, 9.17) is 0 Å². The SMILES string of the molecule is C=C(C)C(O)N1CCCC1C(C)C. The van der Waals surface area contributed by atoms with Gasteiger partial charge in [0.25, 0.3) is 0 Å². The van der Waals surface area contributed by atoms with Crippen LogP contribution in [0.2, 0.25) is 0 Å². The Morgan fingerprint density at radius 2 is 2.15 bits per heavy atom. The highest BCUT2D eigenvalue weighted by Gasteiger charge is 2.31. The third-order valence-electron chi connectivity index (χ3n) is 2.87. The van der Waals surface area contributed by atoms with Crippen molar-refractivity contribution >= 4 is 0 Å². The number of likely N-dealkylation sites (tertiary alicyclic amines) is 1. The van der Waals surface area contributed by atoms with Gasteiger partial charge in [-0.2, -0.15) is 0 Å². The molecule has 2 atom stereocenters. The van der Waals surface area contributed by atoms with Gasteiger partial charge in [-0.15, -0.1) is 0 Å². The molecule has 1 fully saturated rings. The van der Waals surface area contributed by atoms with Gasteiger partial charge in [0.15, 0.2) is 0 Å². The summed E-state index contributed by atoms with van der Waals surface area (Å²) in [6.45, 7) is 11.1. The summed E-state index contributed by atoms with van der Waals surface area (Å²) in [5.74, 6) is 0.622. The van der Waals surface area contributed by atoms with Crippen LogP contribution < -0.4 is 0 Å². The van der Waals surface area contributed by atoms with Crippen LogP contribution >= 0.6 is 0 Å². The summed E-state index contributed by atoms with van der Waals surface area (Å²) in [6.07, 6.45) is 1.98. The molecule has 2 unspecified atom stereocenters. The van der Waals surface area contributed by atoms with E-state index < -0.39 is 6.23 Å². The summed E-state index contributed by atoms with van der Waals surface area (Å²) < 4.78 is 0. The zero-order chi connectivity index (χ0) is 10.0. The van der Waals surface area contributed by atoms with Crippen LogP contribution in [-0.2, 0) is 0 Å². The molecule has 0 saturated carbocycles. The smallest absolute Gasteiger partial charge is 0.129 e. The second kappa shape index (κ2) is 4.25. The highest BCUT2D eigenvalue weighted by atomic mass is 16.3. The van der Waals surface area contributed by atoms with Crippen LogP contribution in [0.25, 0.3) is 0 Å². The van der Waals surface area contributed by atoms with Crippen LogP contribution in [0.15, 0.2) is 12.2 Å². The molecule has 0 radical (unpaired) electrons. The molecule has 0 aromatic rings. The maximum atomic E-state index is 9.87. The molecular formula is C11H21NO. The minimum Gasteiger partial charge on any atom is -0.374 e. The van der Waals surface area contributed by atoms with Gasteiger partial charge in [0.1, 0.15) is 6.23 Å². The molecule has 2 heteroatoms. The molecule has 0 aliphatic carbocycles. The predicted molar refractivity (Wildman–Crippen MR) is 55.4 cm³/mol. The fourth-order valence-electron chi connectivity index (χ4n) is 2.12. The first-order valence-electron chi connectivity index (χ1n) is 5.13. The Hall–Kier alpha value is -0.340. The molecule has 0 aromatic heterocycles. The maximum absolute atomic E-state index is 9.87. The van der Waals surface area contributed by atoms with Gasteiger partial charge >= 0.3 is 0 Å². The average molecular weight is 183 g/mol. The molecule has 0 amide bonds. The van der Waals surface area contributed by atoms with Gasteiger partial charge in [-0.3, -0.25) is 4.90 Å². The van der Waals surface area contributed by atoms with Crippen molar-refractivity contribution in [1.29, 1.82) is 0 Å². The van der Waals surface area contributed by atoms with E-state index in [1.807, 2.05) is 6.92 Å². The van der Waals surface area contributed by atoms with Crippen LogP contribution in [-0.4, -0.2) is 28.8 Å². The lowest BCUT2D eigenvalue weighted by molar-refractivity contribution is 0.0112. The number of aliphatic hydroxyl groups is 1. The normalized spacial score (nSPS) is 26.7. The fourth-order valence-corrected chi connectivity index (χ4v) is 2.12. The Labute approximate surface area is 81.2 Å². The van der Waals surface area contributed by atoms with Gasteiger partial charge in [0.05, 0.1) is 0 Å². The van der Waals surface area contributed by atoms with Gasteiger partial charge in [-0.05, 0) is 31.3 Å². The summed E-state index contributed by atoms with van der Waals surface area (Å²) in [7, 11) is 0. The van der Waals surface area contributed by atoms with Crippen molar-refractivity contribution in [2.24, 2.45) is 5.92 Å². The zero-order valence-corrected chi connectivity index (χ0v) is 8.95. The molecule has 0 spiro atoms. The van der Waals surface area contributed by atoms with Crippen molar-refractivity contribution in [1.82, 2.24) is 4.90 Å². The highest BCUT2D eigenvalue weighted by Crippen LogP contribution is 2.26. The molecule has 1 heterocycles. The van der Waals surface area contributed by atoms with Crippen molar-refractivity contribution in [2.75, 3.05) is 6.54 Å². The van der Waals surface area contributed by atoms with Gasteiger partial charge in [0, 0.05) is 12.6 Å². The summed E-state index contributed by atoms with van der Waals surface area (Å²) in [5.41, 5.74) is 0.854. The molecule has 13 heavy (non-hydrogen) atoms. The standard InChI is InChI=1S/C11H21NO/c1-8(2)10-6-5-7-12(10)11(13)9(3)4/h8,10-11,13H,3,5-7H2,1-2,4H3. The van der Waals surface area contributed by atoms with Crippen LogP contribution in [0.1, 0.15) is 33.6 Å². The van der Waals surface area contributed by atoms with Crippen LogP contribution in [0, 0.1) is 5.92 Å². The molecule has 0 aromatic carbocycles. The largest absolute Gasteiger partial charge is 0.374 e. The lowest BCUT2D eigenvalue weighted by Crippen LogP contribution is -2.42. The average Bonchev–Trinajstić information content (AvgIpc) is 2.50. The molecule has 2 nitrogen and oxygen atoms in total. The van der Waals surface area contributed by atoms with E-state index in [0.717, 1.165) is 12.1 Å². The number of rotatable bonds is 3. The van der Waals surface area contributed by atoms with E-state index in [9.17, 15) is 5.11 Å². The van der Waals surface area contributed by atoms with Crippen molar-refractivity contribution in [3.8, 4) is 0 Å². The number of nitrogens with zero attached hydrogens (tertiary/aromatic N) is 1. The van der Waals surface area contributed by atoms with Crippen LogP contribution in [0.3, 0.4) is 0 Å². The molecular weight excluding hydrogens is 162 g/mol. The van der Waals surface area contributed by atoms with E-state index in [-0.39, 0.29) is 0 Å². The van der Waals surface area contributed by atoms with Crippen molar-refractivity contribution < 1.29 is 5.11 Å². The Bertz CT molecular complexity index is 189. The Morgan fingerprint density at radius 3 is 2.62 bits per heavy atom. The van der Waals surface area contributed by atoms with Gasteiger partial charge in [-0.1, -0.05) is 20.4 Å². The molecule has 1 rings (SSSR count). The Morgan fingerprint density at radius 1 is 1.54 bits per heavy atom. The molecule has 1 saturated heterocycles. The number of aliphatic hydroxyl groups excluding tert-OH is 1. The number of hydrogen-bond donors (Lipinski definition) is 1. The van der Waals surface area contributed by atoms with E-state index in [0.29, 0.717) is 12.0 Å². The van der Waals surface area contributed by atoms with Gasteiger partial charge in [0.2, 0.25) is 0 Å². The first kappa shape index (κ1) is 10.7. The first-order valence-corrected chi connectivity index (χ1v) is 5.13. The van der Waals surface area contributed by atoms with Crippen LogP contribution in [0.5, 0.6) is 0 Å². The lowest BCUT2D eigenvalue weighted by Gasteiger charge is -2.32. The predicted octanol–water partition coefficient (Wildman–Crippen LogP) is 2.00. The highest BCUT2D eigenvalue weighted by molar-refractivity contribution is 4.99. The molecule has 1 aliphatic rings. The minimum absolute atomic E-state index is 0.435. The molecule has 0 bridgehead atoms. The fraction of sp³-hybridized carbons (Fsp3) is 0.818. The van der Waals surface area contributed by atoms with Gasteiger partial charge in [-0.25, -0.2) is 0 Å². The summed E-state index contributed by atoms with van der Waals surface area (Å²) >= 11 is 0. The van der Waals surface area contributed by atoms with Gasteiger partial charge < -0.3 is 5.11 Å². The first-order chi connectivity index (χ1) is 6.04. The van der Waals surface area contributed by atoms with E-state index >= 15 is 0 Å². The second-order valence-electron chi connectivity index (χ2n) is 4.41. The maximum Gasteiger partial charge on any atom is 0.129 e. The molecule has 1 N–H and O–H groups in total. The third kappa shape index (κ3) is 2.32. The van der Waals surface area contributed by atoms with E-state index in [1.165, 1.54) is 12.8 Å².